The number of carbonyl (C=O) groups excluding carboxylic acids is 1. The van der Waals surface area contributed by atoms with Gasteiger partial charge in [0.1, 0.15) is 0 Å². The molecule has 0 fully saturated rings. The number of hydrogen-bond donors (Lipinski definition) is 2. The van der Waals surface area contributed by atoms with E-state index in [1.807, 2.05) is 18.2 Å². The molecule has 24 heavy (non-hydrogen) atoms. The molecular weight excluding hydrogens is 328 g/mol. The van der Waals surface area contributed by atoms with Crippen molar-refractivity contribution in [1.82, 2.24) is 14.7 Å². The minimum Gasteiger partial charge on any atom is -0.345 e. The fraction of sp³-hybridized carbons (Fsp3) is 0.125. The van der Waals surface area contributed by atoms with Crippen molar-refractivity contribution in [3.63, 3.8) is 0 Å². The Morgan fingerprint density at radius 3 is 2.75 bits per heavy atom. The van der Waals surface area contributed by atoms with Crippen molar-refractivity contribution in [2.45, 2.75) is 12.3 Å². The van der Waals surface area contributed by atoms with Crippen molar-refractivity contribution in [3.8, 4) is 0 Å². The van der Waals surface area contributed by atoms with Gasteiger partial charge in [0, 0.05) is 12.7 Å². The average molecular weight is 344 g/mol. The number of nitrogens with zero attached hydrogens (tertiary/aromatic N) is 2. The Hall–Kier alpha value is -2.71. The second-order valence-corrected chi connectivity index (χ2v) is 7.00. The summed E-state index contributed by atoms with van der Waals surface area (Å²) in [5.74, 6) is -0.246. The highest BCUT2D eigenvalue weighted by atomic mass is 32.2. The molecule has 0 aliphatic rings. The van der Waals surface area contributed by atoms with E-state index in [0.717, 1.165) is 11.1 Å². The van der Waals surface area contributed by atoms with Gasteiger partial charge in [-0.3, -0.25) is 9.20 Å². The molecule has 124 valence electrons. The Bertz CT molecular complexity index is 995. The third kappa shape index (κ3) is 3.79. The lowest BCUT2D eigenvalue weighted by Crippen LogP contribution is -2.25. The molecule has 0 unspecified atom stereocenters. The largest absolute Gasteiger partial charge is 0.345 e. The van der Waals surface area contributed by atoms with Crippen LogP contribution in [-0.4, -0.2) is 23.7 Å². The first-order chi connectivity index (χ1) is 11.4. The Kier molecular flexibility index (Phi) is 4.32. The van der Waals surface area contributed by atoms with Gasteiger partial charge in [-0.05, 0) is 23.3 Å². The van der Waals surface area contributed by atoms with E-state index in [4.69, 9.17) is 5.14 Å². The molecule has 7 nitrogen and oxygen atoms in total. The van der Waals surface area contributed by atoms with E-state index >= 15 is 0 Å². The van der Waals surface area contributed by atoms with Crippen LogP contribution in [0.5, 0.6) is 0 Å². The topological polar surface area (TPSA) is 107 Å². The lowest BCUT2D eigenvalue weighted by Gasteiger charge is -2.07. The Morgan fingerprint density at radius 2 is 1.96 bits per heavy atom. The van der Waals surface area contributed by atoms with Crippen LogP contribution in [-0.2, 0) is 22.3 Å². The van der Waals surface area contributed by atoms with Gasteiger partial charge >= 0.3 is 0 Å². The number of sulfonamides is 1. The molecule has 8 heteroatoms. The van der Waals surface area contributed by atoms with Crippen molar-refractivity contribution >= 4 is 21.4 Å². The van der Waals surface area contributed by atoms with Gasteiger partial charge in [0.25, 0.3) is 5.91 Å². The summed E-state index contributed by atoms with van der Waals surface area (Å²) in [6.45, 7) is 0.263. The molecular formula is C16H16N4O3S. The number of hydrogen-bond acceptors (Lipinski definition) is 4. The number of benzene rings is 1. The number of rotatable bonds is 5. The maximum atomic E-state index is 12.3. The average Bonchev–Trinajstić information content (AvgIpc) is 2.95. The number of imidazole rings is 1. The number of fused-ring (bicyclic) bond motifs is 1. The van der Waals surface area contributed by atoms with Crippen LogP contribution in [0.2, 0.25) is 0 Å². The first-order valence-corrected chi connectivity index (χ1v) is 8.92. The second-order valence-electron chi connectivity index (χ2n) is 5.39. The van der Waals surface area contributed by atoms with E-state index in [0.29, 0.717) is 11.4 Å². The first-order valence-electron chi connectivity index (χ1n) is 7.21. The van der Waals surface area contributed by atoms with Gasteiger partial charge in [0.05, 0.1) is 17.5 Å². The van der Waals surface area contributed by atoms with Crippen LogP contribution in [0.25, 0.3) is 5.52 Å². The van der Waals surface area contributed by atoms with Crippen molar-refractivity contribution in [1.29, 1.82) is 0 Å². The van der Waals surface area contributed by atoms with Gasteiger partial charge in [-0.15, -0.1) is 0 Å². The lowest BCUT2D eigenvalue weighted by atomic mass is 10.1. The summed E-state index contributed by atoms with van der Waals surface area (Å²) in [7, 11) is -3.59. The zero-order chi connectivity index (χ0) is 17.2. The Morgan fingerprint density at radius 1 is 1.17 bits per heavy atom. The molecule has 0 saturated carbocycles. The summed E-state index contributed by atoms with van der Waals surface area (Å²) >= 11 is 0. The highest BCUT2D eigenvalue weighted by molar-refractivity contribution is 7.88. The standard InChI is InChI=1S/C16H16N4O3S/c17-24(22,23)11-13-5-3-4-12(8-13)9-19-16(21)15-18-10-14-6-1-2-7-20(14)15/h1-8,10H,9,11H2,(H,19,21)(H2,17,22,23). The molecule has 1 aromatic carbocycles. The number of pyridine rings is 1. The van der Waals surface area contributed by atoms with Crippen molar-refractivity contribution in [2.75, 3.05) is 0 Å². The van der Waals surface area contributed by atoms with E-state index in [-0.39, 0.29) is 18.2 Å². The highest BCUT2D eigenvalue weighted by Crippen LogP contribution is 2.09. The zero-order valence-corrected chi connectivity index (χ0v) is 13.5. The summed E-state index contributed by atoms with van der Waals surface area (Å²) in [6, 6.07) is 12.5. The van der Waals surface area contributed by atoms with Crippen molar-refractivity contribution < 1.29 is 13.2 Å². The van der Waals surface area contributed by atoms with Crippen molar-refractivity contribution in [3.05, 3.63) is 71.8 Å². The number of amides is 1. The number of nitrogens with one attached hydrogen (secondary N) is 1. The van der Waals surface area contributed by atoms with Crippen LogP contribution in [0.15, 0.2) is 54.9 Å². The molecule has 0 aliphatic heterocycles. The lowest BCUT2D eigenvalue weighted by molar-refractivity contribution is 0.0940. The summed E-state index contributed by atoms with van der Waals surface area (Å²) < 4.78 is 24.0. The number of nitrogens with two attached hydrogens (primary N) is 1. The summed E-state index contributed by atoms with van der Waals surface area (Å²) in [5, 5.41) is 7.83. The second kappa shape index (κ2) is 6.42. The summed E-state index contributed by atoms with van der Waals surface area (Å²) in [5.41, 5.74) is 2.19. The van der Waals surface area contributed by atoms with Gasteiger partial charge in [-0.25, -0.2) is 18.5 Å². The molecule has 0 saturated heterocycles. The molecule has 0 bridgehead atoms. The summed E-state index contributed by atoms with van der Waals surface area (Å²) in [4.78, 5) is 16.4. The maximum absolute atomic E-state index is 12.3. The molecule has 3 N–H and O–H groups in total. The van der Waals surface area contributed by atoms with E-state index in [1.165, 1.54) is 0 Å². The molecule has 1 amide bonds. The normalized spacial score (nSPS) is 11.5. The van der Waals surface area contributed by atoms with Crippen LogP contribution >= 0.6 is 0 Å². The van der Waals surface area contributed by atoms with Crippen LogP contribution in [0.4, 0.5) is 0 Å². The van der Waals surface area contributed by atoms with Gasteiger partial charge in [-0.2, -0.15) is 0 Å². The third-order valence-corrected chi connectivity index (χ3v) is 4.19. The fourth-order valence-electron chi connectivity index (χ4n) is 2.43. The number of primary sulfonamides is 1. The smallest absolute Gasteiger partial charge is 0.287 e. The summed E-state index contributed by atoms with van der Waals surface area (Å²) in [6.07, 6.45) is 3.39. The molecule has 0 spiro atoms. The monoisotopic (exact) mass is 344 g/mol. The minimum absolute atomic E-state index is 0.236. The minimum atomic E-state index is -3.59. The van der Waals surface area contributed by atoms with Crippen LogP contribution < -0.4 is 10.5 Å². The van der Waals surface area contributed by atoms with Crippen LogP contribution in [0.3, 0.4) is 0 Å². The number of aromatic nitrogens is 2. The first kappa shape index (κ1) is 16.2. The van der Waals surface area contributed by atoms with Gasteiger partial charge in [0.15, 0.2) is 0 Å². The van der Waals surface area contributed by atoms with Gasteiger partial charge in [0.2, 0.25) is 15.8 Å². The Balaban J connectivity index is 1.71. The van der Waals surface area contributed by atoms with Gasteiger partial charge < -0.3 is 5.32 Å². The molecule has 0 radical (unpaired) electrons. The van der Waals surface area contributed by atoms with Gasteiger partial charge in [-0.1, -0.05) is 30.3 Å². The Labute approximate surface area is 139 Å². The zero-order valence-electron chi connectivity index (χ0n) is 12.7. The van der Waals surface area contributed by atoms with Crippen LogP contribution in [0.1, 0.15) is 21.7 Å². The highest BCUT2D eigenvalue weighted by Gasteiger charge is 2.12. The quantitative estimate of drug-likeness (QED) is 0.721. The fourth-order valence-corrected chi connectivity index (χ4v) is 3.08. The molecule has 0 atom stereocenters. The number of carbonyl (C=O) groups is 1. The van der Waals surface area contributed by atoms with Crippen LogP contribution in [0, 0.1) is 0 Å². The van der Waals surface area contributed by atoms with E-state index in [2.05, 4.69) is 10.3 Å². The van der Waals surface area contributed by atoms with Crippen molar-refractivity contribution in [2.24, 2.45) is 5.14 Å². The molecule has 2 heterocycles. The maximum Gasteiger partial charge on any atom is 0.287 e. The van der Waals surface area contributed by atoms with E-state index in [9.17, 15) is 13.2 Å². The third-order valence-electron chi connectivity index (χ3n) is 3.45. The SMILES string of the molecule is NS(=O)(=O)Cc1cccc(CNC(=O)c2ncc3ccccn23)c1. The van der Waals surface area contributed by atoms with E-state index in [1.54, 1.807) is 41.1 Å². The molecule has 2 aromatic heterocycles. The van der Waals surface area contributed by atoms with E-state index < -0.39 is 10.0 Å². The molecule has 3 rings (SSSR count). The molecule has 0 aliphatic carbocycles. The molecule has 3 aromatic rings. The predicted octanol–water partition coefficient (Wildman–Crippen LogP) is 1.05. The predicted molar refractivity (Wildman–Crippen MR) is 89.6 cm³/mol.